The minimum Gasteiger partial charge on any atom is -0.273 e. The van der Waals surface area contributed by atoms with Gasteiger partial charge in [0.05, 0.1) is 17.4 Å². The van der Waals surface area contributed by atoms with E-state index in [4.69, 9.17) is 0 Å². The third-order valence-electron chi connectivity index (χ3n) is 3.69. The predicted molar refractivity (Wildman–Crippen MR) is 71.3 cm³/mol. The average molecular weight is 277 g/mol. The van der Waals surface area contributed by atoms with Gasteiger partial charge in [0.15, 0.2) is 0 Å². The highest BCUT2D eigenvalue weighted by Crippen LogP contribution is 2.39. The molecule has 1 amide bonds. The number of amides is 1. The van der Waals surface area contributed by atoms with Gasteiger partial charge in [-0.05, 0) is 24.8 Å². The van der Waals surface area contributed by atoms with Gasteiger partial charge in [-0.25, -0.2) is 12.7 Å². The second kappa shape index (κ2) is 4.49. The van der Waals surface area contributed by atoms with Crippen LogP contribution in [0.1, 0.15) is 24.8 Å². The van der Waals surface area contributed by atoms with Crippen LogP contribution in [0.4, 0.5) is 0 Å². The lowest BCUT2D eigenvalue weighted by molar-refractivity contribution is -0.128. The Hall–Kier alpha value is -1.62. The highest BCUT2D eigenvalue weighted by molar-refractivity contribution is 7.94. The zero-order chi connectivity index (χ0) is 13.5. The Morgan fingerprint density at radius 1 is 1.21 bits per heavy atom. The Kier molecular flexibility index (Phi) is 2.93. The summed E-state index contributed by atoms with van der Waals surface area (Å²) in [6.45, 7) is 0.135. The monoisotopic (exact) mass is 277 g/mol. The standard InChI is InChI=1S/C14H15NO3S/c16-14-12-8-4-5-9-13(12)19(17,18)15(14)10-11-6-2-1-3-7-11/h1-3,6-7,9,12H,4-5,8,10H2. The Balaban J connectivity index is 1.96. The van der Waals surface area contributed by atoms with Crippen LogP contribution in [-0.4, -0.2) is 18.6 Å². The predicted octanol–water partition coefficient (Wildman–Crippen LogP) is 2.04. The Morgan fingerprint density at radius 2 is 1.95 bits per heavy atom. The highest BCUT2D eigenvalue weighted by atomic mass is 32.2. The van der Waals surface area contributed by atoms with Crippen molar-refractivity contribution < 1.29 is 13.2 Å². The lowest BCUT2D eigenvalue weighted by Gasteiger charge is -2.14. The van der Waals surface area contributed by atoms with Crippen molar-refractivity contribution in [1.82, 2.24) is 4.31 Å². The maximum Gasteiger partial charge on any atom is 0.263 e. The summed E-state index contributed by atoms with van der Waals surface area (Å²) < 4.78 is 25.8. The van der Waals surface area contributed by atoms with Gasteiger partial charge in [0.25, 0.3) is 10.0 Å². The number of allylic oxidation sites excluding steroid dienone is 1. The van der Waals surface area contributed by atoms with Gasteiger partial charge >= 0.3 is 0 Å². The average Bonchev–Trinajstić information content (AvgIpc) is 2.62. The van der Waals surface area contributed by atoms with Gasteiger partial charge in [-0.2, -0.15) is 0 Å². The molecule has 0 radical (unpaired) electrons. The molecule has 19 heavy (non-hydrogen) atoms. The van der Waals surface area contributed by atoms with Gasteiger partial charge in [0.1, 0.15) is 0 Å². The first kappa shape index (κ1) is 12.4. The van der Waals surface area contributed by atoms with Crippen LogP contribution < -0.4 is 0 Å². The Labute approximate surface area is 112 Å². The minimum atomic E-state index is -3.59. The van der Waals surface area contributed by atoms with Crippen molar-refractivity contribution >= 4 is 15.9 Å². The molecular weight excluding hydrogens is 262 g/mol. The van der Waals surface area contributed by atoms with Crippen LogP contribution >= 0.6 is 0 Å². The van der Waals surface area contributed by atoms with Crippen molar-refractivity contribution in [2.75, 3.05) is 0 Å². The van der Waals surface area contributed by atoms with E-state index in [1.54, 1.807) is 6.08 Å². The molecule has 4 nitrogen and oxygen atoms in total. The van der Waals surface area contributed by atoms with Crippen molar-refractivity contribution in [3.05, 3.63) is 46.9 Å². The molecule has 1 aromatic rings. The van der Waals surface area contributed by atoms with E-state index in [-0.39, 0.29) is 12.5 Å². The third-order valence-corrected chi connectivity index (χ3v) is 5.62. The molecule has 1 aromatic carbocycles. The van der Waals surface area contributed by atoms with E-state index in [0.717, 1.165) is 22.7 Å². The number of carbonyl (C=O) groups is 1. The fourth-order valence-electron chi connectivity index (χ4n) is 2.71. The molecule has 1 saturated heterocycles. The molecule has 0 saturated carbocycles. The molecule has 1 aliphatic carbocycles. The molecule has 1 aliphatic heterocycles. The molecule has 0 aromatic heterocycles. The Morgan fingerprint density at radius 3 is 2.63 bits per heavy atom. The molecule has 100 valence electrons. The minimum absolute atomic E-state index is 0.135. The number of benzene rings is 1. The van der Waals surface area contributed by atoms with Gasteiger partial charge in [-0.15, -0.1) is 0 Å². The van der Waals surface area contributed by atoms with Crippen LogP contribution in [-0.2, 0) is 21.4 Å². The van der Waals surface area contributed by atoms with E-state index in [1.165, 1.54) is 0 Å². The summed E-state index contributed by atoms with van der Waals surface area (Å²) in [5, 5.41) is 0. The summed E-state index contributed by atoms with van der Waals surface area (Å²) in [5.74, 6) is -0.711. The molecule has 3 rings (SSSR count). The lowest BCUT2D eigenvalue weighted by Crippen LogP contribution is -2.30. The molecular formula is C14H15NO3S. The summed E-state index contributed by atoms with van der Waals surface area (Å²) in [6.07, 6.45) is 3.99. The number of carbonyl (C=O) groups excluding carboxylic acids is 1. The van der Waals surface area contributed by atoms with Crippen LogP contribution in [0.15, 0.2) is 41.3 Å². The first-order valence-corrected chi connectivity index (χ1v) is 7.85. The number of rotatable bonds is 2. The zero-order valence-electron chi connectivity index (χ0n) is 10.5. The van der Waals surface area contributed by atoms with Crippen LogP contribution in [0, 0.1) is 5.92 Å². The fourth-order valence-corrected chi connectivity index (χ4v) is 4.56. The van der Waals surface area contributed by atoms with Crippen molar-refractivity contribution in [2.45, 2.75) is 25.8 Å². The fraction of sp³-hybridized carbons (Fsp3) is 0.357. The van der Waals surface area contributed by atoms with E-state index < -0.39 is 15.9 Å². The van der Waals surface area contributed by atoms with E-state index in [1.807, 2.05) is 30.3 Å². The smallest absolute Gasteiger partial charge is 0.263 e. The molecule has 0 spiro atoms. The van der Waals surface area contributed by atoms with Gasteiger partial charge in [-0.3, -0.25) is 4.79 Å². The van der Waals surface area contributed by atoms with Crippen LogP contribution in [0.3, 0.4) is 0 Å². The van der Waals surface area contributed by atoms with E-state index in [9.17, 15) is 13.2 Å². The highest BCUT2D eigenvalue weighted by Gasteiger charge is 2.48. The molecule has 1 heterocycles. The topological polar surface area (TPSA) is 54.5 Å². The quantitative estimate of drug-likeness (QED) is 0.831. The van der Waals surface area contributed by atoms with Gasteiger partial charge in [0.2, 0.25) is 5.91 Å². The van der Waals surface area contributed by atoms with Crippen LogP contribution in [0.2, 0.25) is 0 Å². The van der Waals surface area contributed by atoms with Crippen molar-refractivity contribution in [3.63, 3.8) is 0 Å². The number of nitrogens with zero attached hydrogens (tertiary/aromatic N) is 1. The normalized spacial score (nSPS) is 25.1. The summed E-state index contributed by atoms with van der Waals surface area (Å²) in [5.41, 5.74) is 0.832. The molecule has 1 unspecified atom stereocenters. The first-order valence-electron chi connectivity index (χ1n) is 6.41. The maximum absolute atomic E-state index is 12.4. The second-order valence-electron chi connectivity index (χ2n) is 4.93. The summed E-state index contributed by atoms with van der Waals surface area (Å²) in [6, 6.07) is 9.22. The Bertz CT molecular complexity index is 634. The molecule has 2 aliphatic rings. The zero-order valence-corrected chi connectivity index (χ0v) is 11.3. The third kappa shape index (κ3) is 1.98. The number of sulfonamides is 1. The van der Waals surface area contributed by atoms with Crippen molar-refractivity contribution in [2.24, 2.45) is 5.92 Å². The van der Waals surface area contributed by atoms with Gasteiger partial charge in [-0.1, -0.05) is 36.4 Å². The second-order valence-corrected chi connectivity index (χ2v) is 6.79. The van der Waals surface area contributed by atoms with E-state index in [0.29, 0.717) is 11.3 Å². The molecule has 0 N–H and O–H groups in total. The van der Waals surface area contributed by atoms with Crippen molar-refractivity contribution in [3.8, 4) is 0 Å². The van der Waals surface area contributed by atoms with E-state index in [2.05, 4.69) is 0 Å². The number of hydrogen-bond acceptors (Lipinski definition) is 3. The summed E-state index contributed by atoms with van der Waals surface area (Å²) in [7, 11) is -3.59. The molecule has 5 heteroatoms. The van der Waals surface area contributed by atoms with Gasteiger partial charge in [0, 0.05) is 0 Å². The summed E-state index contributed by atoms with van der Waals surface area (Å²) >= 11 is 0. The van der Waals surface area contributed by atoms with Gasteiger partial charge < -0.3 is 0 Å². The molecule has 1 atom stereocenters. The van der Waals surface area contributed by atoms with E-state index >= 15 is 0 Å². The van der Waals surface area contributed by atoms with Crippen LogP contribution in [0.5, 0.6) is 0 Å². The lowest BCUT2D eigenvalue weighted by atomic mass is 9.95. The largest absolute Gasteiger partial charge is 0.273 e. The number of fused-ring (bicyclic) bond motifs is 1. The SMILES string of the molecule is O=C1C2CCCC=C2S(=O)(=O)N1Cc1ccccc1. The molecule has 1 fully saturated rings. The first-order chi connectivity index (χ1) is 9.10. The number of hydrogen-bond donors (Lipinski definition) is 0. The molecule has 0 bridgehead atoms. The van der Waals surface area contributed by atoms with Crippen LogP contribution in [0.25, 0.3) is 0 Å². The maximum atomic E-state index is 12.4. The van der Waals surface area contributed by atoms with Crippen molar-refractivity contribution in [1.29, 1.82) is 0 Å². The summed E-state index contributed by atoms with van der Waals surface area (Å²) in [4.78, 5) is 12.6.